The van der Waals surface area contributed by atoms with Gasteiger partial charge in [-0.05, 0) is 26.6 Å². The van der Waals surface area contributed by atoms with Crippen LogP contribution in [0.4, 0.5) is 4.79 Å². The number of benzene rings is 1. The van der Waals surface area contributed by atoms with Gasteiger partial charge in [-0.2, -0.15) is 0 Å². The van der Waals surface area contributed by atoms with Crippen LogP contribution in [0.5, 0.6) is 0 Å². The van der Waals surface area contributed by atoms with E-state index in [1.807, 2.05) is 31.9 Å². The molecule has 2 amide bonds. The summed E-state index contributed by atoms with van der Waals surface area (Å²) in [6.07, 6.45) is 5.39. The highest BCUT2D eigenvalue weighted by molar-refractivity contribution is 5.73. The molecule has 6 heteroatoms. The van der Waals surface area contributed by atoms with Crippen LogP contribution in [0.2, 0.25) is 0 Å². The molecule has 0 saturated carbocycles. The van der Waals surface area contributed by atoms with Crippen molar-refractivity contribution in [2.45, 2.75) is 19.5 Å². The predicted molar refractivity (Wildman–Crippen MR) is 95.9 cm³/mol. The first-order valence-electron chi connectivity index (χ1n) is 8.15. The summed E-state index contributed by atoms with van der Waals surface area (Å²) in [6, 6.07) is 8.53. The average Bonchev–Trinajstić information content (AvgIpc) is 3.07. The first kappa shape index (κ1) is 18.0. The molecule has 6 nitrogen and oxygen atoms in total. The number of nitrogens with one attached hydrogen (secondary N) is 1. The Kier molecular flexibility index (Phi) is 6.37. The van der Waals surface area contributed by atoms with Crippen molar-refractivity contribution in [1.29, 1.82) is 0 Å². The van der Waals surface area contributed by atoms with Gasteiger partial charge >= 0.3 is 6.03 Å². The number of imidazole rings is 1. The van der Waals surface area contributed by atoms with Gasteiger partial charge < -0.3 is 19.7 Å². The first-order valence-corrected chi connectivity index (χ1v) is 8.15. The highest BCUT2D eigenvalue weighted by atomic mass is 16.2. The molecule has 0 spiro atoms. The minimum Gasteiger partial charge on any atom is -0.336 e. The van der Waals surface area contributed by atoms with Crippen molar-refractivity contribution in [3.8, 4) is 0 Å². The van der Waals surface area contributed by atoms with E-state index in [9.17, 15) is 4.79 Å². The molecule has 0 fully saturated rings. The Hall–Kier alpha value is -2.34. The molecule has 0 aliphatic heterocycles. The Balaban J connectivity index is 1.86. The maximum Gasteiger partial charge on any atom is 0.317 e. The molecule has 0 unspecified atom stereocenters. The summed E-state index contributed by atoms with van der Waals surface area (Å²) in [6.45, 7) is 4.02. The van der Waals surface area contributed by atoms with E-state index in [-0.39, 0.29) is 12.1 Å². The van der Waals surface area contributed by atoms with Gasteiger partial charge in [0.15, 0.2) is 0 Å². The minimum atomic E-state index is -0.0610. The number of carbonyl (C=O) groups is 1. The van der Waals surface area contributed by atoms with Crippen LogP contribution in [-0.2, 0) is 6.54 Å². The number of carbonyl (C=O) groups excluding carboxylic acids is 1. The molecule has 0 bridgehead atoms. The number of aromatic nitrogens is 2. The third-order valence-electron chi connectivity index (χ3n) is 4.13. The molecule has 0 aliphatic carbocycles. The second-order valence-corrected chi connectivity index (χ2v) is 6.30. The number of aryl methyl sites for hydroxylation is 1. The van der Waals surface area contributed by atoms with Gasteiger partial charge in [-0.3, -0.25) is 0 Å². The van der Waals surface area contributed by atoms with E-state index >= 15 is 0 Å². The Morgan fingerprint density at radius 3 is 2.54 bits per heavy atom. The fourth-order valence-corrected chi connectivity index (χ4v) is 2.49. The van der Waals surface area contributed by atoms with Gasteiger partial charge in [-0.15, -0.1) is 0 Å². The van der Waals surface area contributed by atoms with E-state index < -0.39 is 0 Å². The third-order valence-corrected chi connectivity index (χ3v) is 4.13. The molecule has 130 valence electrons. The molecule has 0 saturated heterocycles. The van der Waals surface area contributed by atoms with Crippen molar-refractivity contribution in [3.63, 3.8) is 0 Å². The number of rotatable bonds is 7. The highest BCUT2D eigenvalue weighted by Gasteiger charge is 2.16. The van der Waals surface area contributed by atoms with Gasteiger partial charge in [0.2, 0.25) is 0 Å². The second kappa shape index (κ2) is 8.49. The van der Waals surface area contributed by atoms with E-state index in [0.29, 0.717) is 13.1 Å². The van der Waals surface area contributed by atoms with Crippen LogP contribution in [0.3, 0.4) is 0 Å². The summed E-state index contributed by atoms with van der Waals surface area (Å²) >= 11 is 0. The zero-order valence-electron chi connectivity index (χ0n) is 14.9. The van der Waals surface area contributed by atoms with Crippen molar-refractivity contribution in [2.24, 2.45) is 0 Å². The fraction of sp³-hybridized carbons (Fsp3) is 0.444. The lowest BCUT2D eigenvalue weighted by atomic mass is 10.0. The van der Waals surface area contributed by atoms with E-state index in [1.54, 1.807) is 17.4 Å². The SMILES string of the molecule is Cc1ccc([C@@H](CNC(=O)N(C)CCn2ccnc2)N(C)C)cc1. The number of urea groups is 1. The van der Waals surface area contributed by atoms with Gasteiger partial charge in [-0.1, -0.05) is 29.8 Å². The minimum absolute atomic E-state index is 0.0610. The van der Waals surface area contributed by atoms with E-state index in [4.69, 9.17) is 0 Å². The average molecular weight is 329 g/mol. The molecule has 1 atom stereocenters. The Bertz CT molecular complexity index is 621. The number of hydrogen-bond acceptors (Lipinski definition) is 3. The van der Waals surface area contributed by atoms with E-state index in [0.717, 1.165) is 6.54 Å². The number of likely N-dealkylation sites (N-methyl/N-ethyl adjacent to an activating group) is 2. The lowest BCUT2D eigenvalue weighted by Gasteiger charge is -2.26. The lowest BCUT2D eigenvalue weighted by Crippen LogP contribution is -2.42. The summed E-state index contributed by atoms with van der Waals surface area (Å²) in [4.78, 5) is 20.1. The largest absolute Gasteiger partial charge is 0.336 e. The highest BCUT2D eigenvalue weighted by Crippen LogP contribution is 2.17. The van der Waals surface area contributed by atoms with Crippen LogP contribution in [0, 0.1) is 6.92 Å². The fourth-order valence-electron chi connectivity index (χ4n) is 2.49. The van der Waals surface area contributed by atoms with Crippen LogP contribution in [0.25, 0.3) is 0 Å². The summed E-state index contributed by atoms with van der Waals surface area (Å²) in [5, 5.41) is 3.03. The lowest BCUT2D eigenvalue weighted by molar-refractivity contribution is 0.201. The summed E-state index contributed by atoms with van der Waals surface area (Å²) in [7, 11) is 5.86. The zero-order valence-corrected chi connectivity index (χ0v) is 14.9. The molecule has 1 aromatic carbocycles. The summed E-state index contributed by atoms with van der Waals surface area (Å²) in [5.41, 5.74) is 2.44. The van der Waals surface area contributed by atoms with Crippen LogP contribution >= 0.6 is 0 Å². The molecule has 1 heterocycles. The number of hydrogen-bond donors (Lipinski definition) is 1. The topological polar surface area (TPSA) is 53.4 Å². The van der Waals surface area contributed by atoms with Gasteiger partial charge in [-0.25, -0.2) is 9.78 Å². The van der Waals surface area contributed by atoms with Gasteiger partial charge in [0.1, 0.15) is 0 Å². The van der Waals surface area contributed by atoms with Crippen molar-refractivity contribution in [1.82, 2.24) is 24.7 Å². The molecule has 24 heavy (non-hydrogen) atoms. The normalized spacial score (nSPS) is 12.2. The van der Waals surface area contributed by atoms with Gasteiger partial charge in [0.25, 0.3) is 0 Å². The van der Waals surface area contributed by atoms with Crippen molar-refractivity contribution in [2.75, 3.05) is 34.2 Å². The molecule has 1 aromatic heterocycles. The molecule has 1 N–H and O–H groups in total. The molecular formula is C18H27N5O. The van der Waals surface area contributed by atoms with Crippen LogP contribution in [-0.4, -0.2) is 59.6 Å². The predicted octanol–water partition coefficient (Wildman–Crippen LogP) is 2.14. The number of amides is 2. The Morgan fingerprint density at radius 1 is 1.25 bits per heavy atom. The number of nitrogens with zero attached hydrogens (tertiary/aromatic N) is 4. The van der Waals surface area contributed by atoms with Crippen molar-refractivity contribution >= 4 is 6.03 Å². The van der Waals surface area contributed by atoms with Crippen molar-refractivity contribution in [3.05, 3.63) is 54.1 Å². The van der Waals surface area contributed by atoms with E-state index in [1.165, 1.54) is 11.1 Å². The standard InChI is InChI=1S/C18H27N5O/c1-15-5-7-16(8-6-15)17(21(2)3)13-20-18(24)22(4)11-12-23-10-9-19-14-23/h5-10,14,17H,11-13H2,1-4H3,(H,20,24)/t17-/m1/s1. The second-order valence-electron chi connectivity index (χ2n) is 6.30. The maximum atomic E-state index is 12.3. The van der Waals surface area contributed by atoms with Gasteiger partial charge in [0.05, 0.1) is 12.4 Å². The first-order chi connectivity index (χ1) is 11.5. The summed E-state index contributed by atoms with van der Waals surface area (Å²) < 4.78 is 1.96. The van der Waals surface area contributed by atoms with Crippen molar-refractivity contribution < 1.29 is 4.79 Å². The zero-order chi connectivity index (χ0) is 17.5. The van der Waals surface area contributed by atoms with Crippen LogP contribution in [0.1, 0.15) is 17.2 Å². The van der Waals surface area contributed by atoms with Gasteiger partial charge in [0, 0.05) is 39.1 Å². The van der Waals surface area contributed by atoms with Crippen LogP contribution in [0.15, 0.2) is 43.0 Å². The monoisotopic (exact) mass is 329 g/mol. The maximum absolute atomic E-state index is 12.3. The molecule has 0 aliphatic rings. The third kappa shape index (κ3) is 5.09. The summed E-state index contributed by atoms with van der Waals surface area (Å²) in [5.74, 6) is 0. The Morgan fingerprint density at radius 2 is 1.96 bits per heavy atom. The Labute approximate surface area is 144 Å². The van der Waals surface area contributed by atoms with Crippen LogP contribution < -0.4 is 5.32 Å². The smallest absolute Gasteiger partial charge is 0.317 e. The quantitative estimate of drug-likeness (QED) is 0.847. The molecular weight excluding hydrogens is 302 g/mol. The molecule has 2 aromatic rings. The molecule has 2 rings (SSSR count). The van der Waals surface area contributed by atoms with E-state index in [2.05, 4.69) is 46.4 Å². The molecule has 0 radical (unpaired) electrons.